The van der Waals surface area contributed by atoms with Gasteiger partial charge in [-0.1, -0.05) is 37.3 Å². The summed E-state index contributed by atoms with van der Waals surface area (Å²) in [5.41, 5.74) is 1.87. The molecule has 1 aromatic heterocycles. The first-order valence-electron chi connectivity index (χ1n) is 9.14. The normalized spacial score (nSPS) is 11.7. The Hall–Kier alpha value is -2.83. The molecule has 0 fully saturated rings. The first-order chi connectivity index (χ1) is 13.1. The number of rotatable bonds is 9. The molecular weight excluding hydrogens is 346 g/mol. The number of aromatic nitrogens is 2. The molecule has 0 radical (unpaired) electrons. The van der Waals surface area contributed by atoms with Gasteiger partial charge in [-0.25, -0.2) is 14.6 Å². The minimum absolute atomic E-state index is 0.249. The lowest BCUT2D eigenvalue weighted by atomic mass is 10.1. The summed E-state index contributed by atoms with van der Waals surface area (Å²) in [6.45, 7) is 5.02. The molecule has 1 heterocycles. The van der Waals surface area contributed by atoms with Crippen LogP contribution < -0.4 is 0 Å². The molecule has 0 aliphatic carbocycles. The Morgan fingerprint density at radius 2 is 1.96 bits per heavy atom. The van der Waals surface area contributed by atoms with Crippen molar-refractivity contribution >= 4 is 12.1 Å². The zero-order valence-electron chi connectivity index (χ0n) is 16.1. The third-order valence-electron chi connectivity index (χ3n) is 4.11. The molecule has 2 rings (SSSR count). The number of benzene rings is 1. The van der Waals surface area contributed by atoms with Crippen molar-refractivity contribution in [1.82, 2.24) is 14.5 Å². The molecule has 1 atom stereocenters. The number of ether oxygens (including phenoxy) is 2. The molecule has 0 aliphatic rings. The zero-order chi connectivity index (χ0) is 19.6. The standard InChI is InChI=1S/C20H27N3O4/c1-4-11-23(20(25)27-5-2)18(19(24)26-3)12-17-14-22(15-21-17)13-16-9-7-6-8-10-16/h6-10,14-15,18H,4-5,11-13H2,1-3H3/t18-/m0/s1. The molecule has 1 aromatic carbocycles. The van der Waals surface area contributed by atoms with Gasteiger partial charge in [0.25, 0.3) is 0 Å². The number of esters is 1. The zero-order valence-corrected chi connectivity index (χ0v) is 16.1. The molecule has 7 nitrogen and oxygen atoms in total. The highest BCUT2D eigenvalue weighted by molar-refractivity contribution is 5.81. The second kappa shape index (κ2) is 10.4. The average Bonchev–Trinajstić information content (AvgIpc) is 3.12. The first-order valence-corrected chi connectivity index (χ1v) is 9.14. The molecule has 1 amide bonds. The van der Waals surface area contributed by atoms with Crippen molar-refractivity contribution in [2.24, 2.45) is 0 Å². The number of imidazole rings is 1. The fourth-order valence-corrected chi connectivity index (χ4v) is 2.87. The van der Waals surface area contributed by atoms with Gasteiger partial charge in [-0.05, 0) is 18.9 Å². The molecule has 0 saturated heterocycles. The average molecular weight is 373 g/mol. The summed E-state index contributed by atoms with van der Waals surface area (Å²) >= 11 is 0. The SMILES string of the molecule is CCCN(C(=O)OCC)[C@@H](Cc1cn(Cc2ccccc2)cn1)C(=O)OC. The van der Waals surface area contributed by atoms with E-state index < -0.39 is 18.1 Å². The van der Waals surface area contributed by atoms with E-state index in [1.807, 2.05) is 48.0 Å². The van der Waals surface area contributed by atoms with Crippen LogP contribution in [0.2, 0.25) is 0 Å². The van der Waals surface area contributed by atoms with E-state index >= 15 is 0 Å². The largest absolute Gasteiger partial charge is 0.467 e. The van der Waals surface area contributed by atoms with Gasteiger partial charge in [0.2, 0.25) is 0 Å². The number of carbonyl (C=O) groups excluding carboxylic acids is 2. The summed E-state index contributed by atoms with van der Waals surface area (Å²) in [5, 5.41) is 0. The maximum Gasteiger partial charge on any atom is 0.410 e. The Bertz CT molecular complexity index is 730. The predicted octanol–water partition coefficient (Wildman–Crippen LogP) is 2.88. The summed E-state index contributed by atoms with van der Waals surface area (Å²) in [6.07, 6.45) is 4.07. The number of carbonyl (C=O) groups is 2. The molecule has 2 aromatic rings. The molecule has 0 aliphatic heterocycles. The molecule has 0 unspecified atom stereocenters. The maximum atomic E-state index is 12.3. The van der Waals surface area contributed by atoms with E-state index in [0.29, 0.717) is 25.2 Å². The van der Waals surface area contributed by atoms with Crippen molar-refractivity contribution in [2.45, 2.75) is 39.3 Å². The summed E-state index contributed by atoms with van der Waals surface area (Å²) in [6, 6.07) is 9.27. The predicted molar refractivity (Wildman–Crippen MR) is 101 cm³/mol. The van der Waals surface area contributed by atoms with Crippen LogP contribution in [0.15, 0.2) is 42.9 Å². The molecule has 0 bridgehead atoms. The van der Waals surface area contributed by atoms with Crippen LogP contribution >= 0.6 is 0 Å². The van der Waals surface area contributed by atoms with Gasteiger partial charge in [0.15, 0.2) is 0 Å². The lowest BCUT2D eigenvalue weighted by Gasteiger charge is -2.28. The fourth-order valence-electron chi connectivity index (χ4n) is 2.87. The second-order valence-electron chi connectivity index (χ2n) is 6.16. The van der Waals surface area contributed by atoms with Crippen molar-refractivity contribution in [1.29, 1.82) is 0 Å². The van der Waals surface area contributed by atoms with Gasteiger partial charge in [-0.2, -0.15) is 0 Å². The van der Waals surface area contributed by atoms with Gasteiger partial charge in [0, 0.05) is 25.7 Å². The minimum atomic E-state index is -0.769. The summed E-state index contributed by atoms with van der Waals surface area (Å²) in [5.74, 6) is -0.478. The number of methoxy groups -OCH3 is 1. The van der Waals surface area contributed by atoms with Gasteiger partial charge in [-0.3, -0.25) is 4.90 Å². The minimum Gasteiger partial charge on any atom is -0.467 e. The molecule has 0 spiro atoms. The number of hydrogen-bond donors (Lipinski definition) is 0. The highest BCUT2D eigenvalue weighted by atomic mass is 16.6. The number of hydrogen-bond acceptors (Lipinski definition) is 5. The molecule has 146 valence electrons. The topological polar surface area (TPSA) is 73.7 Å². The van der Waals surface area contributed by atoms with Gasteiger partial charge >= 0.3 is 12.1 Å². The van der Waals surface area contributed by atoms with E-state index in [0.717, 1.165) is 5.56 Å². The monoisotopic (exact) mass is 373 g/mol. The van der Waals surface area contributed by atoms with Crippen LogP contribution in [0.4, 0.5) is 4.79 Å². The van der Waals surface area contributed by atoms with Crippen LogP contribution in [0.1, 0.15) is 31.5 Å². The van der Waals surface area contributed by atoms with Crippen molar-refractivity contribution < 1.29 is 19.1 Å². The first kappa shape index (κ1) is 20.5. The van der Waals surface area contributed by atoms with Crippen LogP contribution in [0.3, 0.4) is 0 Å². The lowest BCUT2D eigenvalue weighted by Crippen LogP contribution is -2.47. The van der Waals surface area contributed by atoms with E-state index in [9.17, 15) is 9.59 Å². The van der Waals surface area contributed by atoms with Gasteiger partial charge in [-0.15, -0.1) is 0 Å². The second-order valence-corrected chi connectivity index (χ2v) is 6.16. The van der Waals surface area contributed by atoms with E-state index in [-0.39, 0.29) is 13.0 Å². The molecular formula is C20H27N3O4. The van der Waals surface area contributed by atoms with Gasteiger partial charge in [0.1, 0.15) is 6.04 Å². The summed E-state index contributed by atoms with van der Waals surface area (Å²) < 4.78 is 12.0. The lowest BCUT2D eigenvalue weighted by molar-refractivity contribution is -0.146. The maximum absolute atomic E-state index is 12.3. The quantitative estimate of drug-likeness (QED) is 0.632. The van der Waals surface area contributed by atoms with E-state index in [2.05, 4.69) is 4.98 Å². The Kier molecular flexibility index (Phi) is 7.85. The molecule has 0 N–H and O–H groups in total. The van der Waals surface area contributed by atoms with Gasteiger partial charge < -0.3 is 14.0 Å². The molecule has 0 saturated carbocycles. The van der Waals surface area contributed by atoms with Crippen LogP contribution in [-0.2, 0) is 27.2 Å². The van der Waals surface area contributed by atoms with Crippen molar-refractivity contribution in [3.8, 4) is 0 Å². The van der Waals surface area contributed by atoms with E-state index in [1.165, 1.54) is 12.0 Å². The molecule has 27 heavy (non-hydrogen) atoms. The number of nitrogens with zero attached hydrogens (tertiary/aromatic N) is 3. The highest BCUT2D eigenvalue weighted by Gasteiger charge is 2.32. The summed E-state index contributed by atoms with van der Waals surface area (Å²) in [4.78, 5) is 30.5. The van der Waals surface area contributed by atoms with Crippen LogP contribution in [0.5, 0.6) is 0 Å². The Morgan fingerprint density at radius 1 is 1.22 bits per heavy atom. The van der Waals surface area contributed by atoms with Crippen LogP contribution in [-0.4, -0.2) is 52.8 Å². The van der Waals surface area contributed by atoms with Crippen LogP contribution in [0.25, 0.3) is 0 Å². The smallest absolute Gasteiger partial charge is 0.410 e. The highest BCUT2D eigenvalue weighted by Crippen LogP contribution is 2.13. The Balaban J connectivity index is 2.15. The summed E-state index contributed by atoms with van der Waals surface area (Å²) in [7, 11) is 1.32. The fraction of sp³-hybridized carbons (Fsp3) is 0.450. The van der Waals surface area contributed by atoms with E-state index in [1.54, 1.807) is 13.3 Å². The Labute approximate surface area is 159 Å². The van der Waals surface area contributed by atoms with E-state index in [4.69, 9.17) is 9.47 Å². The van der Waals surface area contributed by atoms with Crippen LogP contribution in [0, 0.1) is 0 Å². The van der Waals surface area contributed by atoms with Crippen molar-refractivity contribution in [3.05, 3.63) is 54.1 Å². The van der Waals surface area contributed by atoms with Crippen molar-refractivity contribution in [2.75, 3.05) is 20.3 Å². The molecule has 7 heteroatoms. The third kappa shape index (κ3) is 5.84. The van der Waals surface area contributed by atoms with Crippen molar-refractivity contribution in [3.63, 3.8) is 0 Å². The number of amides is 1. The Morgan fingerprint density at radius 3 is 2.59 bits per heavy atom. The third-order valence-corrected chi connectivity index (χ3v) is 4.11. The van der Waals surface area contributed by atoms with Gasteiger partial charge in [0.05, 0.1) is 25.7 Å².